The molecule has 4 heteroatoms. The maximum Gasteiger partial charge on any atom is 0.0953 e. The lowest BCUT2D eigenvalue weighted by Crippen LogP contribution is -2.23. The molecule has 0 spiro atoms. The Bertz CT molecular complexity index is 362. The Hall–Kier alpha value is -0.450. The van der Waals surface area contributed by atoms with Gasteiger partial charge in [0.1, 0.15) is 0 Å². The average molecular weight is 254 g/mol. The van der Waals surface area contributed by atoms with Crippen LogP contribution in [0, 0.1) is 5.92 Å². The highest BCUT2D eigenvalue weighted by Crippen LogP contribution is 2.25. The molecular formula is C13H22N2OS. The monoisotopic (exact) mass is 254 g/mol. The molecule has 3 nitrogen and oxygen atoms in total. The largest absolute Gasteiger partial charge is 0.393 e. The molecule has 17 heavy (non-hydrogen) atoms. The number of nitrogens with zero attached hydrogens (tertiary/aromatic N) is 2. The Kier molecular flexibility index (Phi) is 4.17. The highest BCUT2D eigenvalue weighted by Gasteiger charge is 2.26. The molecule has 1 saturated heterocycles. The van der Waals surface area contributed by atoms with Gasteiger partial charge >= 0.3 is 0 Å². The molecule has 1 aromatic rings. The summed E-state index contributed by atoms with van der Waals surface area (Å²) in [6.45, 7) is 9.38. The van der Waals surface area contributed by atoms with Gasteiger partial charge in [-0.15, -0.1) is 11.3 Å². The Balaban J connectivity index is 1.89. The third kappa shape index (κ3) is 3.27. The number of likely N-dealkylation sites (tertiary alicyclic amines) is 1. The average Bonchev–Trinajstić information content (AvgIpc) is 2.87. The second-order valence-electron chi connectivity index (χ2n) is 5.34. The van der Waals surface area contributed by atoms with E-state index in [1.165, 1.54) is 9.88 Å². The predicted molar refractivity (Wildman–Crippen MR) is 71.3 cm³/mol. The summed E-state index contributed by atoms with van der Waals surface area (Å²) in [6, 6.07) is 0. The van der Waals surface area contributed by atoms with E-state index >= 15 is 0 Å². The lowest BCUT2D eigenvalue weighted by Gasteiger charge is -2.16. The van der Waals surface area contributed by atoms with Crippen molar-refractivity contribution in [3.05, 3.63) is 16.1 Å². The summed E-state index contributed by atoms with van der Waals surface area (Å²) in [5.41, 5.74) is 0. The van der Waals surface area contributed by atoms with E-state index in [1.54, 1.807) is 0 Å². The van der Waals surface area contributed by atoms with Gasteiger partial charge in [-0.25, -0.2) is 4.98 Å². The molecule has 2 unspecified atom stereocenters. The zero-order valence-corrected chi connectivity index (χ0v) is 11.7. The van der Waals surface area contributed by atoms with Gasteiger partial charge in [-0.05, 0) is 25.8 Å². The number of aliphatic hydroxyl groups excluding tert-OH is 1. The van der Waals surface area contributed by atoms with Crippen LogP contribution >= 0.6 is 11.3 Å². The molecule has 0 saturated carbocycles. The fourth-order valence-corrected chi connectivity index (χ4v) is 3.25. The molecular weight excluding hydrogens is 232 g/mol. The first-order valence-electron chi connectivity index (χ1n) is 6.41. The summed E-state index contributed by atoms with van der Waals surface area (Å²) in [5, 5.41) is 10.8. The highest BCUT2D eigenvalue weighted by atomic mass is 32.1. The van der Waals surface area contributed by atoms with Gasteiger partial charge in [0.15, 0.2) is 0 Å². The molecule has 0 aliphatic carbocycles. The van der Waals surface area contributed by atoms with E-state index in [-0.39, 0.29) is 6.10 Å². The molecule has 0 amide bonds. The van der Waals surface area contributed by atoms with E-state index in [1.807, 2.05) is 24.5 Å². The first-order valence-corrected chi connectivity index (χ1v) is 7.23. The quantitative estimate of drug-likeness (QED) is 0.896. The molecule has 1 fully saturated rings. The minimum Gasteiger partial charge on any atom is -0.393 e. The SMILES string of the molecule is CC(C)c1ncc(CN2CCC(C(C)O)C2)s1. The number of aliphatic hydroxyl groups is 1. The van der Waals surface area contributed by atoms with Crippen LogP contribution in [0.4, 0.5) is 0 Å². The summed E-state index contributed by atoms with van der Waals surface area (Å²) in [6.07, 6.45) is 2.95. The second-order valence-corrected chi connectivity index (χ2v) is 6.49. The van der Waals surface area contributed by atoms with Gasteiger partial charge in [0, 0.05) is 30.1 Å². The van der Waals surface area contributed by atoms with Crippen LogP contribution in [0.3, 0.4) is 0 Å². The molecule has 0 radical (unpaired) electrons. The molecule has 1 aromatic heterocycles. The van der Waals surface area contributed by atoms with Gasteiger partial charge in [0.2, 0.25) is 0 Å². The lowest BCUT2D eigenvalue weighted by atomic mass is 10.0. The fraction of sp³-hybridized carbons (Fsp3) is 0.769. The molecule has 1 N–H and O–H groups in total. The molecule has 96 valence electrons. The minimum atomic E-state index is -0.173. The zero-order valence-electron chi connectivity index (χ0n) is 10.9. The molecule has 0 aromatic carbocycles. The van der Waals surface area contributed by atoms with Crippen molar-refractivity contribution in [2.75, 3.05) is 13.1 Å². The number of thiazole rings is 1. The van der Waals surface area contributed by atoms with Crippen LogP contribution in [-0.4, -0.2) is 34.2 Å². The Labute approximate surface area is 107 Å². The van der Waals surface area contributed by atoms with Gasteiger partial charge in [-0.2, -0.15) is 0 Å². The Morgan fingerprint density at radius 2 is 2.29 bits per heavy atom. The molecule has 2 rings (SSSR count). The van der Waals surface area contributed by atoms with Crippen LogP contribution in [0.2, 0.25) is 0 Å². The van der Waals surface area contributed by atoms with Crippen LogP contribution in [0.1, 0.15) is 43.0 Å². The zero-order chi connectivity index (χ0) is 12.4. The Morgan fingerprint density at radius 1 is 1.53 bits per heavy atom. The predicted octanol–water partition coefficient (Wildman–Crippen LogP) is 2.47. The van der Waals surface area contributed by atoms with Gasteiger partial charge < -0.3 is 5.11 Å². The van der Waals surface area contributed by atoms with Gasteiger partial charge in [-0.3, -0.25) is 4.90 Å². The van der Waals surface area contributed by atoms with E-state index < -0.39 is 0 Å². The van der Waals surface area contributed by atoms with Crippen LogP contribution in [0.5, 0.6) is 0 Å². The molecule has 1 aliphatic rings. The van der Waals surface area contributed by atoms with Crippen molar-refractivity contribution in [3.63, 3.8) is 0 Å². The lowest BCUT2D eigenvalue weighted by molar-refractivity contribution is 0.127. The second kappa shape index (κ2) is 5.46. The normalized spacial score (nSPS) is 23.5. The van der Waals surface area contributed by atoms with E-state index in [0.717, 1.165) is 26.1 Å². The maximum atomic E-state index is 9.58. The van der Waals surface area contributed by atoms with E-state index in [4.69, 9.17) is 0 Å². The third-order valence-corrected chi connectivity index (χ3v) is 4.72. The van der Waals surface area contributed by atoms with Crippen molar-refractivity contribution in [2.45, 2.75) is 45.8 Å². The Morgan fingerprint density at radius 3 is 2.82 bits per heavy atom. The first-order chi connectivity index (χ1) is 8.06. The smallest absolute Gasteiger partial charge is 0.0953 e. The maximum absolute atomic E-state index is 9.58. The van der Waals surface area contributed by atoms with E-state index in [0.29, 0.717) is 11.8 Å². The van der Waals surface area contributed by atoms with Crippen molar-refractivity contribution < 1.29 is 5.11 Å². The first kappa shape index (κ1) is 13.0. The number of hydrogen-bond acceptors (Lipinski definition) is 4. The summed E-state index contributed by atoms with van der Waals surface area (Å²) in [5.74, 6) is 0.977. The fourth-order valence-electron chi connectivity index (χ4n) is 2.28. The molecule has 2 atom stereocenters. The highest BCUT2D eigenvalue weighted by molar-refractivity contribution is 7.11. The molecule has 1 aliphatic heterocycles. The van der Waals surface area contributed by atoms with Crippen molar-refractivity contribution in [1.29, 1.82) is 0 Å². The molecule has 2 heterocycles. The van der Waals surface area contributed by atoms with Crippen LogP contribution < -0.4 is 0 Å². The van der Waals surface area contributed by atoms with Crippen molar-refractivity contribution >= 4 is 11.3 Å². The van der Waals surface area contributed by atoms with Crippen LogP contribution in [-0.2, 0) is 6.54 Å². The molecule has 0 bridgehead atoms. The number of hydrogen-bond donors (Lipinski definition) is 1. The summed E-state index contributed by atoms with van der Waals surface area (Å²) >= 11 is 1.82. The van der Waals surface area contributed by atoms with Crippen molar-refractivity contribution in [1.82, 2.24) is 9.88 Å². The van der Waals surface area contributed by atoms with E-state index in [2.05, 4.69) is 23.7 Å². The van der Waals surface area contributed by atoms with Crippen LogP contribution in [0.25, 0.3) is 0 Å². The van der Waals surface area contributed by atoms with Crippen molar-refractivity contribution in [2.24, 2.45) is 5.92 Å². The minimum absolute atomic E-state index is 0.173. The summed E-state index contributed by atoms with van der Waals surface area (Å²) < 4.78 is 0. The van der Waals surface area contributed by atoms with Gasteiger partial charge in [0.25, 0.3) is 0 Å². The number of rotatable bonds is 4. The summed E-state index contributed by atoms with van der Waals surface area (Å²) in [4.78, 5) is 8.23. The van der Waals surface area contributed by atoms with Crippen LogP contribution in [0.15, 0.2) is 6.20 Å². The van der Waals surface area contributed by atoms with Gasteiger partial charge in [-0.1, -0.05) is 13.8 Å². The topological polar surface area (TPSA) is 36.4 Å². The van der Waals surface area contributed by atoms with Crippen molar-refractivity contribution in [3.8, 4) is 0 Å². The summed E-state index contributed by atoms with van der Waals surface area (Å²) in [7, 11) is 0. The van der Waals surface area contributed by atoms with Gasteiger partial charge in [0.05, 0.1) is 11.1 Å². The van der Waals surface area contributed by atoms with E-state index in [9.17, 15) is 5.11 Å². The number of aromatic nitrogens is 1. The third-order valence-electron chi connectivity index (χ3n) is 3.44. The standard InChI is InChI=1S/C13H22N2OS/c1-9(2)13-14-6-12(17-13)8-15-5-4-11(7-15)10(3)16/h6,9-11,16H,4-5,7-8H2,1-3H3.